The monoisotopic (exact) mass is 577 g/mol. The van der Waals surface area contributed by atoms with Crippen LogP contribution in [0.15, 0.2) is 53.7 Å². The highest BCUT2D eigenvalue weighted by Gasteiger charge is 2.45. The Kier molecular flexibility index (Phi) is 8.78. The average molecular weight is 578 g/mol. The van der Waals surface area contributed by atoms with Gasteiger partial charge in [-0.2, -0.15) is 0 Å². The molecule has 2 aromatic rings. The molecular formula is C26H36IN5O2. The number of guanidine groups is 1. The van der Waals surface area contributed by atoms with Crippen LogP contribution in [0.2, 0.25) is 0 Å². The molecule has 7 nitrogen and oxygen atoms in total. The number of piperidine rings is 1. The molecule has 1 aromatic heterocycles. The molecule has 1 amide bonds. The highest BCUT2D eigenvalue weighted by molar-refractivity contribution is 14.0. The van der Waals surface area contributed by atoms with E-state index in [9.17, 15) is 4.79 Å². The fraction of sp³-hybridized carbons (Fsp3) is 0.500. The van der Waals surface area contributed by atoms with E-state index in [1.165, 1.54) is 5.56 Å². The molecule has 2 atom stereocenters. The first-order valence-corrected chi connectivity index (χ1v) is 11.8. The van der Waals surface area contributed by atoms with E-state index in [0.717, 1.165) is 42.9 Å². The lowest BCUT2D eigenvalue weighted by Gasteiger charge is -2.40. The number of ether oxygens (including phenoxy) is 1. The second kappa shape index (κ2) is 11.4. The van der Waals surface area contributed by atoms with E-state index in [0.29, 0.717) is 6.54 Å². The van der Waals surface area contributed by atoms with Crippen molar-refractivity contribution >= 4 is 36.0 Å². The predicted molar refractivity (Wildman–Crippen MR) is 146 cm³/mol. The van der Waals surface area contributed by atoms with E-state index in [4.69, 9.17) is 4.74 Å². The number of aromatic nitrogens is 1. The Bertz CT molecular complexity index is 978. The van der Waals surface area contributed by atoms with Crippen LogP contribution in [0, 0.1) is 0 Å². The summed E-state index contributed by atoms with van der Waals surface area (Å²) in [7, 11) is 1.80. The summed E-state index contributed by atoms with van der Waals surface area (Å²) >= 11 is 0. The maximum Gasteiger partial charge on any atom is 0.410 e. The summed E-state index contributed by atoms with van der Waals surface area (Å²) < 4.78 is 5.65. The number of carbonyl (C=O) groups excluding carboxylic acids is 1. The van der Waals surface area contributed by atoms with Gasteiger partial charge in [0.15, 0.2) is 5.96 Å². The average Bonchev–Trinajstić information content (AvgIpc) is 3.07. The Morgan fingerprint density at radius 1 is 1.15 bits per heavy atom. The molecule has 2 aliphatic heterocycles. The van der Waals surface area contributed by atoms with Crippen LogP contribution in [0.1, 0.15) is 52.0 Å². The second-order valence-corrected chi connectivity index (χ2v) is 9.93. The summed E-state index contributed by atoms with van der Waals surface area (Å²) in [5, 5.41) is 7.02. The van der Waals surface area contributed by atoms with Gasteiger partial charge in [0.25, 0.3) is 0 Å². The molecule has 4 rings (SSSR count). The third-order valence-corrected chi connectivity index (χ3v) is 6.25. The van der Waals surface area contributed by atoms with Gasteiger partial charge in [-0.1, -0.05) is 24.3 Å². The molecule has 2 aliphatic rings. The molecule has 1 aromatic carbocycles. The molecule has 2 N–H and O–H groups in total. The SMILES string of the molecule is CN=C(NCc1cccc(-c2ccccn2)c1)NC1CC2CCC(C1)N2C(=O)OC(C)(C)C.I. The topological polar surface area (TPSA) is 78.9 Å². The van der Waals surface area contributed by atoms with Gasteiger partial charge >= 0.3 is 6.09 Å². The Morgan fingerprint density at radius 3 is 2.50 bits per heavy atom. The van der Waals surface area contributed by atoms with E-state index in [1.54, 1.807) is 7.05 Å². The van der Waals surface area contributed by atoms with Gasteiger partial charge in [0.05, 0.1) is 5.69 Å². The van der Waals surface area contributed by atoms with Gasteiger partial charge < -0.3 is 20.3 Å². The minimum absolute atomic E-state index is 0. The molecule has 8 heteroatoms. The molecule has 2 unspecified atom stereocenters. The first-order chi connectivity index (χ1) is 15.8. The van der Waals surface area contributed by atoms with Crippen molar-refractivity contribution in [3.8, 4) is 11.3 Å². The molecule has 2 saturated heterocycles. The quantitative estimate of drug-likeness (QED) is 0.305. The van der Waals surface area contributed by atoms with Crippen molar-refractivity contribution in [3.63, 3.8) is 0 Å². The molecule has 2 bridgehead atoms. The van der Waals surface area contributed by atoms with Gasteiger partial charge in [0.2, 0.25) is 0 Å². The van der Waals surface area contributed by atoms with Crippen LogP contribution in [0.25, 0.3) is 11.3 Å². The fourth-order valence-electron chi connectivity index (χ4n) is 4.86. The normalized spacial score (nSPS) is 22.1. The van der Waals surface area contributed by atoms with Crippen LogP contribution < -0.4 is 10.6 Å². The highest BCUT2D eigenvalue weighted by atomic mass is 127. The summed E-state index contributed by atoms with van der Waals surface area (Å²) in [6.45, 7) is 6.43. The van der Waals surface area contributed by atoms with Crippen molar-refractivity contribution < 1.29 is 9.53 Å². The van der Waals surface area contributed by atoms with Gasteiger partial charge in [0.1, 0.15) is 5.60 Å². The highest BCUT2D eigenvalue weighted by Crippen LogP contribution is 2.36. The molecule has 3 heterocycles. The van der Waals surface area contributed by atoms with Crippen LogP contribution >= 0.6 is 24.0 Å². The lowest BCUT2D eigenvalue weighted by Crippen LogP contribution is -2.54. The van der Waals surface area contributed by atoms with Gasteiger partial charge in [-0.25, -0.2) is 4.79 Å². The van der Waals surface area contributed by atoms with E-state index in [2.05, 4.69) is 44.9 Å². The minimum atomic E-state index is -0.467. The van der Waals surface area contributed by atoms with Crippen molar-refractivity contribution in [2.24, 2.45) is 4.99 Å². The maximum atomic E-state index is 12.7. The number of amides is 1. The van der Waals surface area contributed by atoms with E-state index >= 15 is 0 Å². The zero-order chi connectivity index (χ0) is 23.4. The number of nitrogens with zero attached hydrogens (tertiary/aromatic N) is 3. The second-order valence-electron chi connectivity index (χ2n) is 9.93. The molecule has 2 fully saturated rings. The van der Waals surface area contributed by atoms with Crippen molar-refractivity contribution in [1.82, 2.24) is 20.5 Å². The number of pyridine rings is 1. The van der Waals surface area contributed by atoms with Gasteiger partial charge in [-0.3, -0.25) is 9.98 Å². The van der Waals surface area contributed by atoms with Gasteiger partial charge in [-0.05, 0) is 70.2 Å². The molecular weight excluding hydrogens is 541 g/mol. The standard InChI is InChI=1S/C26H35N5O2.HI/c1-26(2,3)33-25(32)31-21-11-12-22(31)16-20(15-21)30-24(27-4)29-17-18-8-7-9-19(14-18)23-10-5-6-13-28-23;/h5-10,13-14,20-22H,11-12,15-17H2,1-4H3,(H2,27,29,30);1H. The first kappa shape index (κ1) is 26.2. The van der Waals surface area contributed by atoms with E-state index in [1.807, 2.05) is 50.1 Å². The summed E-state index contributed by atoms with van der Waals surface area (Å²) in [6, 6.07) is 15.1. The zero-order valence-electron chi connectivity index (χ0n) is 20.5. The van der Waals surface area contributed by atoms with Crippen molar-refractivity contribution in [2.75, 3.05) is 7.05 Å². The van der Waals surface area contributed by atoms with Crippen molar-refractivity contribution in [3.05, 3.63) is 54.2 Å². The number of aliphatic imine (C=N–C) groups is 1. The maximum absolute atomic E-state index is 12.7. The molecule has 34 heavy (non-hydrogen) atoms. The lowest BCUT2D eigenvalue weighted by atomic mass is 9.98. The van der Waals surface area contributed by atoms with Gasteiger partial charge in [0, 0.05) is 43.5 Å². The Balaban J connectivity index is 0.00000324. The molecule has 184 valence electrons. The van der Waals surface area contributed by atoms with Crippen LogP contribution in [0.3, 0.4) is 0 Å². The van der Waals surface area contributed by atoms with Crippen molar-refractivity contribution in [1.29, 1.82) is 0 Å². The van der Waals surface area contributed by atoms with Crippen LogP contribution in [-0.2, 0) is 11.3 Å². The number of hydrogen-bond acceptors (Lipinski definition) is 4. The predicted octanol–water partition coefficient (Wildman–Crippen LogP) is 4.96. The zero-order valence-corrected chi connectivity index (χ0v) is 22.8. The number of benzene rings is 1. The Hall–Kier alpha value is -2.36. The summed E-state index contributed by atoms with van der Waals surface area (Å²) in [5.74, 6) is 0.786. The minimum Gasteiger partial charge on any atom is -0.444 e. The van der Waals surface area contributed by atoms with E-state index in [-0.39, 0.29) is 48.2 Å². The van der Waals surface area contributed by atoms with Crippen LogP contribution in [0.5, 0.6) is 0 Å². The van der Waals surface area contributed by atoms with E-state index < -0.39 is 5.60 Å². The number of hydrogen-bond donors (Lipinski definition) is 2. The molecule has 0 spiro atoms. The third-order valence-electron chi connectivity index (χ3n) is 6.25. The number of halogens is 1. The number of carbonyl (C=O) groups is 1. The Morgan fingerprint density at radius 2 is 1.88 bits per heavy atom. The number of fused-ring (bicyclic) bond motifs is 2. The largest absolute Gasteiger partial charge is 0.444 e. The van der Waals surface area contributed by atoms with Crippen molar-refractivity contribution in [2.45, 2.75) is 76.7 Å². The third kappa shape index (κ3) is 6.61. The number of rotatable bonds is 4. The summed E-state index contributed by atoms with van der Waals surface area (Å²) in [4.78, 5) is 23.5. The fourth-order valence-corrected chi connectivity index (χ4v) is 4.86. The van der Waals surface area contributed by atoms with Crippen LogP contribution in [-0.4, -0.2) is 52.7 Å². The lowest BCUT2D eigenvalue weighted by molar-refractivity contribution is 0.00545. The summed E-state index contributed by atoms with van der Waals surface area (Å²) in [6.07, 6.45) is 5.52. The first-order valence-electron chi connectivity index (χ1n) is 11.8. The Labute approximate surface area is 219 Å². The van der Waals surface area contributed by atoms with Gasteiger partial charge in [-0.15, -0.1) is 24.0 Å². The summed E-state index contributed by atoms with van der Waals surface area (Å²) in [5.41, 5.74) is 2.77. The smallest absolute Gasteiger partial charge is 0.410 e. The molecule has 0 saturated carbocycles. The molecule has 0 aliphatic carbocycles. The number of nitrogens with one attached hydrogen (secondary N) is 2. The van der Waals surface area contributed by atoms with Crippen LogP contribution in [0.4, 0.5) is 4.79 Å². The molecule has 0 radical (unpaired) electrons.